The number of aromatic amines is 1. The lowest BCUT2D eigenvalue weighted by molar-refractivity contribution is 0.665. The zero-order chi connectivity index (χ0) is 14.9. The molecule has 22 heavy (non-hydrogen) atoms. The first-order valence-electron chi connectivity index (χ1n) is 7.82. The zero-order valence-electron chi connectivity index (χ0n) is 12.8. The van der Waals surface area contributed by atoms with Crippen molar-refractivity contribution in [3.05, 3.63) is 71.8 Å². The van der Waals surface area contributed by atoms with Gasteiger partial charge in [-0.15, -0.1) is 0 Å². The van der Waals surface area contributed by atoms with Gasteiger partial charge < -0.3 is 4.98 Å². The van der Waals surface area contributed by atoms with Crippen LogP contribution in [0.4, 0.5) is 0 Å². The molecule has 0 fully saturated rings. The van der Waals surface area contributed by atoms with Crippen LogP contribution in [0.1, 0.15) is 25.0 Å². The Morgan fingerprint density at radius 3 is 2.41 bits per heavy atom. The molecule has 0 amide bonds. The Hall–Kier alpha value is -2.54. The fraction of sp³-hybridized carbons (Fsp3) is 0.143. The van der Waals surface area contributed by atoms with Crippen LogP contribution in [0.15, 0.2) is 60.7 Å². The van der Waals surface area contributed by atoms with Crippen LogP contribution in [0.25, 0.3) is 32.9 Å². The van der Waals surface area contributed by atoms with Crippen LogP contribution in [0.5, 0.6) is 0 Å². The minimum atomic E-state index is 0.0340. The van der Waals surface area contributed by atoms with Gasteiger partial charge in [-0.05, 0) is 28.3 Å². The van der Waals surface area contributed by atoms with E-state index in [1.807, 2.05) is 0 Å². The first kappa shape index (κ1) is 12.0. The van der Waals surface area contributed by atoms with E-state index in [-0.39, 0.29) is 5.41 Å². The van der Waals surface area contributed by atoms with Crippen molar-refractivity contribution in [3.8, 4) is 11.1 Å². The van der Waals surface area contributed by atoms with E-state index >= 15 is 0 Å². The molecule has 1 heterocycles. The summed E-state index contributed by atoms with van der Waals surface area (Å²) >= 11 is 0. The third-order valence-electron chi connectivity index (χ3n) is 5.20. The summed E-state index contributed by atoms with van der Waals surface area (Å²) in [5, 5.41) is 2.64. The van der Waals surface area contributed by atoms with Gasteiger partial charge in [0.25, 0.3) is 0 Å². The van der Waals surface area contributed by atoms with Gasteiger partial charge in [0, 0.05) is 21.7 Å². The highest BCUT2D eigenvalue weighted by molar-refractivity contribution is 6.11. The summed E-state index contributed by atoms with van der Waals surface area (Å²) in [6.45, 7) is 4.67. The smallest absolute Gasteiger partial charge is 0.0512 e. The molecule has 5 rings (SSSR count). The van der Waals surface area contributed by atoms with Gasteiger partial charge in [-0.1, -0.05) is 68.4 Å². The van der Waals surface area contributed by atoms with E-state index in [4.69, 9.17) is 0 Å². The highest BCUT2D eigenvalue weighted by Crippen LogP contribution is 2.51. The van der Waals surface area contributed by atoms with E-state index < -0.39 is 0 Å². The molecule has 0 spiro atoms. The molecule has 0 bridgehead atoms. The third kappa shape index (κ3) is 1.29. The standard InChI is InChI=1S/C21H17N/c1-21(2)17-9-5-3-7-13(17)15-11-12-16-14-8-4-6-10-18(14)22-20(16)19(15)21/h3-12,22H,1-2H3. The number of benzene rings is 3. The third-order valence-corrected chi connectivity index (χ3v) is 5.20. The molecule has 1 aliphatic rings. The SMILES string of the molecule is CC1(C)c2ccccc2-c2ccc3c([nH]c4ccccc43)c21. The molecule has 0 saturated heterocycles. The van der Waals surface area contributed by atoms with Gasteiger partial charge in [-0.25, -0.2) is 0 Å². The van der Waals surface area contributed by atoms with Crippen LogP contribution < -0.4 is 0 Å². The van der Waals surface area contributed by atoms with Crippen LogP contribution in [0.2, 0.25) is 0 Å². The van der Waals surface area contributed by atoms with Crippen molar-refractivity contribution in [1.82, 2.24) is 4.98 Å². The van der Waals surface area contributed by atoms with Crippen molar-refractivity contribution in [1.29, 1.82) is 0 Å². The summed E-state index contributed by atoms with van der Waals surface area (Å²) in [5.41, 5.74) is 8.16. The normalized spacial score (nSPS) is 15.2. The molecule has 0 saturated carbocycles. The minimum absolute atomic E-state index is 0.0340. The predicted octanol–water partition coefficient (Wildman–Crippen LogP) is 5.63. The van der Waals surface area contributed by atoms with E-state index in [1.165, 1.54) is 44.1 Å². The summed E-state index contributed by atoms with van der Waals surface area (Å²) in [4.78, 5) is 3.67. The van der Waals surface area contributed by atoms with Gasteiger partial charge in [-0.3, -0.25) is 0 Å². The number of hydrogen-bond donors (Lipinski definition) is 1. The average Bonchev–Trinajstić information content (AvgIpc) is 3.02. The Labute approximate surface area is 129 Å². The first-order valence-corrected chi connectivity index (χ1v) is 7.82. The summed E-state index contributed by atoms with van der Waals surface area (Å²) < 4.78 is 0. The van der Waals surface area contributed by atoms with Crippen molar-refractivity contribution in [3.63, 3.8) is 0 Å². The molecule has 4 aromatic rings. The molecule has 3 aromatic carbocycles. The number of aromatic nitrogens is 1. The predicted molar refractivity (Wildman–Crippen MR) is 93.4 cm³/mol. The lowest BCUT2D eigenvalue weighted by Crippen LogP contribution is -2.15. The molecular weight excluding hydrogens is 266 g/mol. The highest BCUT2D eigenvalue weighted by Gasteiger charge is 2.37. The zero-order valence-corrected chi connectivity index (χ0v) is 12.8. The second-order valence-corrected chi connectivity index (χ2v) is 6.75. The lowest BCUT2D eigenvalue weighted by atomic mass is 9.81. The Morgan fingerprint density at radius 2 is 1.50 bits per heavy atom. The highest BCUT2D eigenvalue weighted by atomic mass is 14.7. The quantitative estimate of drug-likeness (QED) is 0.430. The Bertz CT molecular complexity index is 1050. The van der Waals surface area contributed by atoms with Gasteiger partial charge in [0.1, 0.15) is 0 Å². The number of para-hydroxylation sites is 1. The van der Waals surface area contributed by atoms with Crippen molar-refractivity contribution < 1.29 is 0 Å². The van der Waals surface area contributed by atoms with Gasteiger partial charge in [0.15, 0.2) is 0 Å². The Balaban J connectivity index is 1.99. The van der Waals surface area contributed by atoms with Crippen molar-refractivity contribution in [2.75, 3.05) is 0 Å². The van der Waals surface area contributed by atoms with Gasteiger partial charge in [-0.2, -0.15) is 0 Å². The first-order chi connectivity index (χ1) is 10.7. The largest absolute Gasteiger partial charge is 0.354 e. The van der Waals surface area contributed by atoms with E-state index in [2.05, 4.69) is 79.5 Å². The number of hydrogen-bond acceptors (Lipinski definition) is 0. The number of H-pyrrole nitrogens is 1. The van der Waals surface area contributed by atoms with Crippen LogP contribution in [0.3, 0.4) is 0 Å². The summed E-state index contributed by atoms with van der Waals surface area (Å²) in [6, 6.07) is 21.9. The number of fused-ring (bicyclic) bond motifs is 7. The van der Waals surface area contributed by atoms with Crippen molar-refractivity contribution >= 4 is 21.8 Å². The van der Waals surface area contributed by atoms with E-state index in [9.17, 15) is 0 Å². The minimum Gasteiger partial charge on any atom is -0.354 e. The summed E-state index contributed by atoms with van der Waals surface area (Å²) in [7, 11) is 0. The molecule has 1 aliphatic carbocycles. The van der Waals surface area contributed by atoms with Crippen molar-refractivity contribution in [2.45, 2.75) is 19.3 Å². The van der Waals surface area contributed by atoms with Gasteiger partial charge in [0.2, 0.25) is 0 Å². The molecule has 1 nitrogen and oxygen atoms in total. The maximum atomic E-state index is 3.67. The van der Waals surface area contributed by atoms with E-state index in [1.54, 1.807) is 0 Å². The maximum Gasteiger partial charge on any atom is 0.0512 e. The molecule has 0 atom stereocenters. The summed E-state index contributed by atoms with van der Waals surface area (Å²) in [5.74, 6) is 0. The van der Waals surface area contributed by atoms with Crippen LogP contribution >= 0.6 is 0 Å². The molecule has 106 valence electrons. The molecule has 1 heteroatoms. The number of nitrogens with one attached hydrogen (secondary N) is 1. The molecule has 0 aliphatic heterocycles. The topological polar surface area (TPSA) is 15.8 Å². The van der Waals surface area contributed by atoms with Crippen LogP contribution in [-0.2, 0) is 5.41 Å². The fourth-order valence-corrected chi connectivity index (χ4v) is 4.19. The monoisotopic (exact) mass is 283 g/mol. The van der Waals surface area contributed by atoms with Gasteiger partial charge >= 0.3 is 0 Å². The average molecular weight is 283 g/mol. The number of rotatable bonds is 0. The van der Waals surface area contributed by atoms with Crippen LogP contribution in [-0.4, -0.2) is 4.98 Å². The molecule has 1 N–H and O–H groups in total. The van der Waals surface area contributed by atoms with E-state index in [0.29, 0.717) is 0 Å². The maximum absolute atomic E-state index is 3.67. The second-order valence-electron chi connectivity index (χ2n) is 6.75. The Kier molecular flexibility index (Phi) is 2.08. The lowest BCUT2D eigenvalue weighted by Gasteiger charge is -2.22. The molecule has 1 aromatic heterocycles. The fourth-order valence-electron chi connectivity index (χ4n) is 4.19. The molecule has 0 unspecified atom stereocenters. The second kappa shape index (κ2) is 3.80. The van der Waals surface area contributed by atoms with Crippen molar-refractivity contribution in [2.24, 2.45) is 0 Å². The molecule has 0 radical (unpaired) electrons. The Morgan fingerprint density at radius 1 is 0.727 bits per heavy atom. The van der Waals surface area contributed by atoms with Crippen LogP contribution in [0, 0.1) is 0 Å². The van der Waals surface area contributed by atoms with Gasteiger partial charge in [0.05, 0.1) is 5.52 Å². The molecular formula is C21H17N. The summed E-state index contributed by atoms with van der Waals surface area (Å²) in [6.07, 6.45) is 0. The van der Waals surface area contributed by atoms with E-state index in [0.717, 1.165) is 0 Å².